The molecule has 7 nitrogen and oxygen atoms in total. The number of non-ortho nitro benzene ring substituents is 1. The maximum Gasteiger partial charge on any atom is 0.341 e. The molecule has 102 valence electrons. The molecule has 0 unspecified atom stereocenters. The van der Waals surface area contributed by atoms with Gasteiger partial charge in [0.05, 0.1) is 4.92 Å². The van der Waals surface area contributed by atoms with Gasteiger partial charge in [0, 0.05) is 12.1 Å². The number of pyridine rings is 1. The third kappa shape index (κ3) is 3.01. The minimum Gasteiger partial charge on any atom is -0.477 e. The van der Waals surface area contributed by atoms with Gasteiger partial charge < -0.3 is 9.84 Å². The number of benzene rings is 1. The van der Waals surface area contributed by atoms with Crippen molar-refractivity contribution in [2.45, 2.75) is 0 Å². The van der Waals surface area contributed by atoms with E-state index in [0.717, 1.165) is 0 Å². The number of ether oxygens (including phenoxy) is 1. The molecule has 1 N–H and O–H groups in total. The van der Waals surface area contributed by atoms with Crippen LogP contribution in [0.1, 0.15) is 10.4 Å². The summed E-state index contributed by atoms with van der Waals surface area (Å²) in [4.78, 5) is 24.8. The maximum atomic E-state index is 11.0. The highest BCUT2D eigenvalue weighted by atomic mass is 35.5. The quantitative estimate of drug-likeness (QED) is 0.528. The topological polar surface area (TPSA) is 103 Å². The SMILES string of the molecule is O=C(O)c1ccc(Cl)nc1Oc1ccc([N+](=O)[O-])cc1. The van der Waals surface area contributed by atoms with E-state index in [-0.39, 0.29) is 28.0 Å². The van der Waals surface area contributed by atoms with Crippen molar-refractivity contribution in [3.63, 3.8) is 0 Å². The number of aromatic carboxylic acids is 1. The highest BCUT2D eigenvalue weighted by Gasteiger charge is 2.15. The molecule has 0 bridgehead atoms. The standard InChI is InChI=1S/C12H7ClN2O5/c13-10-6-5-9(12(16)17)11(14-10)20-8-3-1-7(2-4-8)15(18)19/h1-6H,(H,16,17). The summed E-state index contributed by atoms with van der Waals surface area (Å²) in [6.45, 7) is 0. The summed E-state index contributed by atoms with van der Waals surface area (Å²) in [7, 11) is 0. The molecule has 0 aliphatic rings. The largest absolute Gasteiger partial charge is 0.477 e. The lowest BCUT2D eigenvalue weighted by atomic mass is 10.2. The van der Waals surface area contributed by atoms with Gasteiger partial charge in [-0.2, -0.15) is 0 Å². The van der Waals surface area contributed by atoms with Gasteiger partial charge in [0.25, 0.3) is 5.69 Å². The number of hydrogen-bond acceptors (Lipinski definition) is 5. The molecular weight excluding hydrogens is 288 g/mol. The van der Waals surface area contributed by atoms with Crippen LogP contribution in [-0.4, -0.2) is 21.0 Å². The molecule has 2 aromatic rings. The minimum atomic E-state index is -1.22. The number of carboxylic acids is 1. The Morgan fingerprint density at radius 3 is 2.45 bits per heavy atom. The summed E-state index contributed by atoms with van der Waals surface area (Å²) >= 11 is 5.68. The Bertz CT molecular complexity index is 672. The van der Waals surface area contributed by atoms with E-state index in [4.69, 9.17) is 21.4 Å². The molecule has 8 heteroatoms. The lowest BCUT2D eigenvalue weighted by Crippen LogP contribution is -2.02. The molecule has 0 aliphatic carbocycles. The molecule has 0 saturated carbocycles. The molecule has 20 heavy (non-hydrogen) atoms. The van der Waals surface area contributed by atoms with Crippen LogP contribution < -0.4 is 4.74 Å². The van der Waals surface area contributed by atoms with Crippen molar-refractivity contribution in [2.75, 3.05) is 0 Å². The van der Waals surface area contributed by atoms with Gasteiger partial charge in [-0.25, -0.2) is 9.78 Å². The Morgan fingerprint density at radius 2 is 1.90 bits per heavy atom. The minimum absolute atomic E-state index is 0.0758. The number of halogens is 1. The normalized spacial score (nSPS) is 10.1. The van der Waals surface area contributed by atoms with Crippen molar-refractivity contribution in [2.24, 2.45) is 0 Å². The molecule has 2 rings (SSSR count). The summed E-state index contributed by atoms with van der Waals surface area (Å²) < 4.78 is 5.29. The Balaban J connectivity index is 2.31. The number of nitro benzene ring substituents is 1. The second-order valence-electron chi connectivity index (χ2n) is 3.64. The van der Waals surface area contributed by atoms with E-state index in [9.17, 15) is 14.9 Å². The van der Waals surface area contributed by atoms with Gasteiger partial charge in [0.1, 0.15) is 16.5 Å². The van der Waals surface area contributed by atoms with E-state index in [2.05, 4.69) is 4.98 Å². The summed E-state index contributed by atoms with van der Waals surface area (Å²) in [5.41, 5.74) is -0.261. The molecule has 1 heterocycles. The smallest absolute Gasteiger partial charge is 0.341 e. The Kier molecular flexibility index (Phi) is 3.81. The van der Waals surface area contributed by atoms with Crippen molar-refractivity contribution in [3.05, 3.63) is 57.2 Å². The predicted octanol–water partition coefficient (Wildman–Crippen LogP) is 3.13. The average molecular weight is 295 g/mol. The average Bonchev–Trinajstić information content (AvgIpc) is 2.39. The second-order valence-corrected chi connectivity index (χ2v) is 4.03. The molecule has 1 aromatic carbocycles. The van der Waals surface area contributed by atoms with E-state index in [1.54, 1.807) is 0 Å². The molecule has 0 fully saturated rings. The monoisotopic (exact) mass is 294 g/mol. The molecular formula is C12H7ClN2O5. The number of nitrogens with zero attached hydrogens (tertiary/aromatic N) is 2. The van der Waals surface area contributed by atoms with E-state index >= 15 is 0 Å². The van der Waals surface area contributed by atoms with Crippen molar-refractivity contribution in [1.82, 2.24) is 4.98 Å². The first-order valence-electron chi connectivity index (χ1n) is 5.29. The Hall–Kier alpha value is -2.67. The highest BCUT2D eigenvalue weighted by molar-refractivity contribution is 6.29. The van der Waals surface area contributed by atoms with Crippen molar-refractivity contribution >= 4 is 23.3 Å². The first-order chi connectivity index (χ1) is 9.47. The number of aromatic nitrogens is 1. The molecule has 0 radical (unpaired) electrons. The van der Waals surface area contributed by atoms with Gasteiger partial charge >= 0.3 is 5.97 Å². The van der Waals surface area contributed by atoms with Gasteiger partial charge in [-0.15, -0.1) is 0 Å². The summed E-state index contributed by atoms with van der Waals surface area (Å²) in [6, 6.07) is 7.74. The van der Waals surface area contributed by atoms with Crippen LogP contribution in [0.2, 0.25) is 5.15 Å². The molecule has 0 atom stereocenters. The maximum absolute atomic E-state index is 11.0. The van der Waals surface area contributed by atoms with Gasteiger partial charge in [-0.1, -0.05) is 11.6 Å². The first kappa shape index (κ1) is 13.8. The molecule has 0 spiro atoms. The summed E-state index contributed by atoms with van der Waals surface area (Å²) in [6.07, 6.45) is 0. The predicted molar refractivity (Wildman–Crippen MR) is 69.4 cm³/mol. The van der Waals surface area contributed by atoms with Gasteiger partial charge in [-0.3, -0.25) is 10.1 Å². The fourth-order valence-electron chi connectivity index (χ4n) is 1.41. The van der Waals surface area contributed by atoms with Crippen LogP contribution in [0, 0.1) is 10.1 Å². The fourth-order valence-corrected chi connectivity index (χ4v) is 1.55. The number of carbonyl (C=O) groups is 1. The van der Waals surface area contributed by atoms with Crippen LogP contribution in [0.3, 0.4) is 0 Å². The van der Waals surface area contributed by atoms with Crippen LogP contribution in [0.4, 0.5) is 5.69 Å². The van der Waals surface area contributed by atoms with E-state index < -0.39 is 10.9 Å². The van der Waals surface area contributed by atoms with Crippen LogP contribution in [0.5, 0.6) is 11.6 Å². The van der Waals surface area contributed by atoms with Crippen LogP contribution in [-0.2, 0) is 0 Å². The summed E-state index contributed by atoms with van der Waals surface area (Å²) in [5, 5.41) is 19.6. The van der Waals surface area contributed by atoms with Crippen LogP contribution in [0.25, 0.3) is 0 Å². The zero-order chi connectivity index (χ0) is 14.7. The zero-order valence-corrected chi connectivity index (χ0v) is 10.6. The molecule has 0 saturated heterocycles. The Labute approximate surface area is 117 Å². The van der Waals surface area contributed by atoms with Crippen LogP contribution >= 0.6 is 11.6 Å². The third-order valence-electron chi connectivity index (χ3n) is 2.32. The van der Waals surface area contributed by atoms with E-state index in [1.807, 2.05) is 0 Å². The summed E-state index contributed by atoms with van der Waals surface area (Å²) in [5.74, 6) is -1.18. The third-order valence-corrected chi connectivity index (χ3v) is 2.53. The van der Waals surface area contributed by atoms with Gasteiger partial charge in [0.2, 0.25) is 5.88 Å². The van der Waals surface area contributed by atoms with Gasteiger partial charge in [0.15, 0.2) is 0 Å². The van der Waals surface area contributed by atoms with E-state index in [0.29, 0.717) is 0 Å². The fraction of sp³-hybridized carbons (Fsp3) is 0. The van der Waals surface area contributed by atoms with Gasteiger partial charge in [-0.05, 0) is 24.3 Å². The molecule has 0 amide bonds. The first-order valence-corrected chi connectivity index (χ1v) is 5.67. The molecule has 0 aliphatic heterocycles. The lowest BCUT2D eigenvalue weighted by Gasteiger charge is -2.07. The lowest BCUT2D eigenvalue weighted by molar-refractivity contribution is -0.384. The Morgan fingerprint density at radius 1 is 1.25 bits per heavy atom. The highest BCUT2D eigenvalue weighted by Crippen LogP contribution is 2.26. The van der Waals surface area contributed by atoms with E-state index in [1.165, 1.54) is 36.4 Å². The van der Waals surface area contributed by atoms with Crippen LogP contribution in [0.15, 0.2) is 36.4 Å². The molecule has 1 aromatic heterocycles. The second kappa shape index (κ2) is 5.54. The number of carboxylic acid groups (broad SMARTS) is 1. The zero-order valence-electron chi connectivity index (χ0n) is 9.82. The number of hydrogen-bond donors (Lipinski definition) is 1. The van der Waals surface area contributed by atoms with Crippen molar-refractivity contribution < 1.29 is 19.6 Å². The van der Waals surface area contributed by atoms with Crippen molar-refractivity contribution in [1.29, 1.82) is 0 Å². The number of nitro groups is 1. The van der Waals surface area contributed by atoms with Crippen molar-refractivity contribution in [3.8, 4) is 11.6 Å². The number of rotatable bonds is 4.